The largest absolute Gasteiger partial charge is 0 e. The number of rotatable bonds is 0. The van der Waals surface area contributed by atoms with Crippen molar-refractivity contribution in [3.8, 4) is 0 Å². The van der Waals surface area contributed by atoms with Gasteiger partial charge < -0.3 is 0 Å². The summed E-state index contributed by atoms with van der Waals surface area (Å²) in [6.45, 7) is 0. The van der Waals surface area contributed by atoms with Crippen LogP contribution in [0, 0.1) is 0 Å². The summed E-state index contributed by atoms with van der Waals surface area (Å²) in [6.07, 6.45) is 0. The van der Waals surface area contributed by atoms with Crippen molar-refractivity contribution in [3.63, 3.8) is 0 Å². The van der Waals surface area contributed by atoms with Crippen LogP contribution >= 0.6 is 0 Å². The van der Waals surface area contributed by atoms with Crippen molar-refractivity contribution in [1.82, 2.24) is 0 Å². The molecule has 0 saturated carbocycles. The Morgan fingerprint density at radius 2 is 0.0233 bits per heavy atom. The van der Waals surface area contributed by atoms with E-state index in [2.05, 4.69) is 0 Å². The van der Waals surface area contributed by atoms with Gasteiger partial charge in [-0.05, 0) is 0 Å². The Morgan fingerprint density at radius 1 is 0.0233 bits per heavy atom. The molecule has 0 aromatic carbocycles. The van der Waals surface area contributed by atoms with Crippen molar-refractivity contribution >= 4 is 0 Å². The maximum absolute atomic E-state index is 0. The molecule has 0 rings (SSSR count). The molecular weight excluding hydrogens is 2190 g/mol. The third kappa shape index (κ3) is 451. The molecule has 0 heterocycles. The second-order valence-electron chi connectivity index (χ2n) is 0. The van der Waals surface area contributed by atoms with Crippen molar-refractivity contribution < 1.29 is 798 Å². The molecular formula is V43. The second-order valence-corrected chi connectivity index (χ2v) is 0. The maximum Gasteiger partial charge on any atom is 0 e. The van der Waals surface area contributed by atoms with Gasteiger partial charge in [-0.2, -0.15) is 0 Å². The molecule has 0 aliphatic heterocycles. The van der Waals surface area contributed by atoms with Gasteiger partial charge in [0.2, 0.25) is 0 Å². The number of hydrogen-bond acceptors (Lipinski definition) is 0. The average Bonchev–Trinajstić information content (AvgIpc) is 0. The van der Waals surface area contributed by atoms with Crippen LogP contribution in [-0.4, -0.2) is 0 Å². The third-order valence-corrected chi connectivity index (χ3v) is 0. The molecule has 0 spiro atoms. The topological polar surface area (TPSA) is 0 Å². The first-order valence-electron chi connectivity index (χ1n) is 0. The normalized spacial score (nSPS) is 0. The molecule has 0 aliphatic rings. The number of hydrogen-bond donors (Lipinski definition) is 0. The molecule has 0 bridgehead atoms. The molecule has 0 aromatic rings. The van der Waals surface area contributed by atoms with Gasteiger partial charge in [0.25, 0.3) is 0 Å². The fourth-order valence-electron chi connectivity index (χ4n) is 0. The van der Waals surface area contributed by atoms with Crippen LogP contribution in [0.4, 0.5) is 0 Å². The van der Waals surface area contributed by atoms with E-state index < -0.39 is 0 Å². The van der Waals surface area contributed by atoms with Gasteiger partial charge in [-0.15, -0.1) is 0 Å². The van der Waals surface area contributed by atoms with Gasteiger partial charge in [-0.1, -0.05) is 0 Å². The molecule has 43 heteroatoms. The molecule has 0 atom stereocenters. The molecule has 43 heavy (non-hydrogen) atoms. The molecule has 0 unspecified atom stereocenters. The summed E-state index contributed by atoms with van der Waals surface area (Å²) >= 11 is 0. The predicted molar refractivity (Wildman–Crippen MR) is 0 cm³/mol. The van der Waals surface area contributed by atoms with Crippen LogP contribution in [0.1, 0.15) is 0 Å². The summed E-state index contributed by atoms with van der Waals surface area (Å²) in [4.78, 5) is 0. The van der Waals surface area contributed by atoms with Crippen molar-refractivity contribution in [2.75, 3.05) is 0 Å². The minimum atomic E-state index is 0. The monoisotopic (exact) mass is 2190 g/mol. The van der Waals surface area contributed by atoms with Crippen molar-refractivity contribution in [2.45, 2.75) is 0 Å². The minimum absolute atomic E-state index is 0. The SMILES string of the molecule is [V].[V].[V].[V].[V].[V].[V].[V].[V].[V].[V].[V].[V].[V].[V].[V].[V].[V].[V].[V].[V].[V].[V].[V].[V].[V].[V].[V].[V].[V].[V].[V].[V].[V].[V].[V].[V].[V].[V].[V].[V].[V].[V]. The molecule has 0 fully saturated rings. The Balaban J connectivity index is 0. The zero-order chi connectivity index (χ0) is 0. The van der Waals surface area contributed by atoms with Crippen LogP contribution in [0.25, 0.3) is 0 Å². The third-order valence-electron chi connectivity index (χ3n) is 0. The molecule has 0 aromatic heterocycles. The smallest absolute Gasteiger partial charge is 0 e. The van der Waals surface area contributed by atoms with Gasteiger partial charge in [0, 0.05) is 798 Å². The Morgan fingerprint density at radius 3 is 0.0233 bits per heavy atom. The van der Waals surface area contributed by atoms with E-state index in [0.29, 0.717) is 0 Å². The predicted octanol–water partition coefficient (Wildman–Crippen LogP) is -0.108. The average molecular weight is 2190 g/mol. The van der Waals surface area contributed by atoms with Crippen molar-refractivity contribution in [3.05, 3.63) is 0 Å². The van der Waals surface area contributed by atoms with E-state index in [9.17, 15) is 0 Å². The molecule has 0 nitrogen and oxygen atoms in total. The molecule has 215 valence electrons. The zero-order valence-electron chi connectivity index (χ0n) is 19.2. The Hall–Kier alpha value is 25.1. The van der Waals surface area contributed by atoms with Crippen LogP contribution in [0.5, 0.6) is 0 Å². The second kappa shape index (κ2) is 465. The van der Waals surface area contributed by atoms with Gasteiger partial charge in [0.05, 0.1) is 0 Å². The van der Waals surface area contributed by atoms with Crippen LogP contribution < -0.4 is 0 Å². The van der Waals surface area contributed by atoms with E-state index in [-0.39, 0.29) is 798 Å². The van der Waals surface area contributed by atoms with Gasteiger partial charge in [0.15, 0.2) is 0 Å². The van der Waals surface area contributed by atoms with Crippen molar-refractivity contribution in [2.24, 2.45) is 0 Å². The first kappa shape index (κ1) is 486. The van der Waals surface area contributed by atoms with Gasteiger partial charge in [-0.3, -0.25) is 0 Å². The van der Waals surface area contributed by atoms with E-state index in [1.54, 1.807) is 0 Å². The minimum Gasteiger partial charge on any atom is 0 e. The Bertz CT molecular complexity index is 0. The van der Waals surface area contributed by atoms with E-state index in [1.165, 1.54) is 0 Å². The summed E-state index contributed by atoms with van der Waals surface area (Å²) in [6, 6.07) is 0. The van der Waals surface area contributed by atoms with Crippen LogP contribution in [-0.2, 0) is 798 Å². The maximum atomic E-state index is 0. The van der Waals surface area contributed by atoms with Crippen molar-refractivity contribution in [1.29, 1.82) is 0 Å². The van der Waals surface area contributed by atoms with E-state index in [1.807, 2.05) is 0 Å². The summed E-state index contributed by atoms with van der Waals surface area (Å²) in [7, 11) is 0. The molecule has 0 saturated heterocycles. The fourth-order valence-corrected chi connectivity index (χ4v) is 0. The van der Waals surface area contributed by atoms with E-state index >= 15 is 0 Å². The quantitative estimate of drug-likeness (QED) is 0.319. The van der Waals surface area contributed by atoms with E-state index in [4.69, 9.17) is 0 Å². The Labute approximate surface area is 776 Å². The van der Waals surface area contributed by atoms with E-state index in [0.717, 1.165) is 0 Å². The Kier molecular flexibility index (Phi) is 5260. The summed E-state index contributed by atoms with van der Waals surface area (Å²) < 4.78 is 0. The molecule has 43 radical (unpaired) electrons. The van der Waals surface area contributed by atoms with Crippen LogP contribution in [0.2, 0.25) is 0 Å². The molecule has 0 aliphatic carbocycles. The zero-order valence-corrected chi connectivity index (χ0v) is 79.3. The molecule has 0 N–H and O–H groups in total. The van der Waals surface area contributed by atoms with Gasteiger partial charge >= 0.3 is 0 Å². The first-order valence-corrected chi connectivity index (χ1v) is 0. The van der Waals surface area contributed by atoms with Crippen LogP contribution in [0.3, 0.4) is 0 Å². The summed E-state index contributed by atoms with van der Waals surface area (Å²) in [5.74, 6) is 0. The first-order chi connectivity index (χ1) is 0. The van der Waals surface area contributed by atoms with Crippen LogP contribution in [0.15, 0.2) is 0 Å². The summed E-state index contributed by atoms with van der Waals surface area (Å²) in [5, 5.41) is 0. The fraction of sp³-hybridized carbons (Fsp3) is 0. The summed E-state index contributed by atoms with van der Waals surface area (Å²) in [5.41, 5.74) is 0. The standard InChI is InChI=1S/43V. The van der Waals surface area contributed by atoms with Gasteiger partial charge in [-0.25, -0.2) is 0 Å². The van der Waals surface area contributed by atoms with Gasteiger partial charge in [0.1, 0.15) is 0 Å². The molecule has 0 amide bonds.